The van der Waals surface area contributed by atoms with Crippen molar-refractivity contribution in [3.8, 4) is 0 Å². The number of imidazole rings is 1. The van der Waals surface area contributed by atoms with E-state index in [-0.39, 0.29) is 11.9 Å². The molecule has 2 atom stereocenters. The van der Waals surface area contributed by atoms with E-state index in [0.717, 1.165) is 24.0 Å². The topological polar surface area (TPSA) is 83.3 Å². The van der Waals surface area contributed by atoms with Crippen molar-refractivity contribution in [3.63, 3.8) is 0 Å². The molecule has 2 aromatic rings. The van der Waals surface area contributed by atoms with Gasteiger partial charge in [-0.25, -0.2) is 9.78 Å². The van der Waals surface area contributed by atoms with E-state index < -0.39 is 6.10 Å². The second-order valence-corrected chi connectivity index (χ2v) is 6.65. The molecule has 0 unspecified atom stereocenters. The van der Waals surface area contributed by atoms with Gasteiger partial charge < -0.3 is 19.9 Å². The highest BCUT2D eigenvalue weighted by Crippen LogP contribution is 2.28. The van der Waals surface area contributed by atoms with Gasteiger partial charge in [0.05, 0.1) is 0 Å². The van der Waals surface area contributed by atoms with Crippen LogP contribution >= 0.6 is 0 Å². The van der Waals surface area contributed by atoms with Crippen molar-refractivity contribution < 1.29 is 9.90 Å². The molecular weight excluding hydrogens is 318 g/mol. The molecule has 7 heteroatoms. The van der Waals surface area contributed by atoms with Crippen molar-refractivity contribution in [3.05, 3.63) is 47.8 Å². The minimum absolute atomic E-state index is 0.00302. The zero-order chi connectivity index (χ0) is 17.8. The Balaban J connectivity index is 1.58. The highest BCUT2D eigenvalue weighted by atomic mass is 16.3. The fourth-order valence-corrected chi connectivity index (χ4v) is 3.31. The van der Waals surface area contributed by atoms with E-state index in [1.54, 1.807) is 23.5 Å². The lowest BCUT2D eigenvalue weighted by molar-refractivity contribution is 0.0532. The van der Waals surface area contributed by atoms with Gasteiger partial charge in [0.25, 0.3) is 0 Å². The number of carbonyl (C=O) groups is 1. The molecule has 0 saturated carbocycles. The third kappa shape index (κ3) is 3.99. The quantitative estimate of drug-likeness (QED) is 0.886. The number of hydrogen-bond donors (Lipinski definition) is 2. The molecule has 3 rings (SSSR count). The highest BCUT2D eigenvalue weighted by molar-refractivity contribution is 5.74. The third-order valence-corrected chi connectivity index (χ3v) is 4.88. The van der Waals surface area contributed by atoms with Crippen LogP contribution in [0.3, 0.4) is 0 Å². The van der Waals surface area contributed by atoms with Gasteiger partial charge in [0.2, 0.25) is 0 Å². The van der Waals surface area contributed by atoms with Crippen LogP contribution in [0.25, 0.3) is 0 Å². The number of aromatic nitrogens is 3. The number of urea groups is 1. The molecule has 0 aliphatic carbocycles. The lowest BCUT2D eigenvalue weighted by Crippen LogP contribution is -2.46. The van der Waals surface area contributed by atoms with Crippen molar-refractivity contribution in [2.24, 2.45) is 13.0 Å². The second kappa shape index (κ2) is 7.65. The Morgan fingerprint density at radius 3 is 3.04 bits per heavy atom. The molecule has 2 N–H and O–H groups in total. The van der Waals surface area contributed by atoms with Crippen LogP contribution in [0.4, 0.5) is 4.79 Å². The molecule has 0 spiro atoms. The summed E-state index contributed by atoms with van der Waals surface area (Å²) in [7, 11) is 1.87. The SMILES string of the molecule is Cc1cnccc1CNC(=O)N1CCC[C@@H]([C@@H](O)c2nccn2C)C1. The van der Waals surface area contributed by atoms with Crippen LogP contribution < -0.4 is 5.32 Å². The van der Waals surface area contributed by atoms with Gasteiger partial charge in [-0.3, -0.25) is 4.98 Å². The molecular formula is C18H25N5O2. The number of aliphatic hydroxyl groups excluding tert-OH is 1. The van der Waals surface area contributed by atoms with Crippen molar-refractivity contribution in [1.29, 1.82) is 0 Å². The summed E-state index contributed by atoms with van der Waals surface area (Å²) in [6.07, 6.45) is 8.15. The van der Waals surface area contributed by atoms with E-state index in [4.69, 9.17) is 0 Å². The number of aryl methyl sites for hydroxylation is 2. The van der Waals surface area contributed by atoms with E-state index in [0.29, 0.717) is 25.5 Å². The summed E-state index contributed by atoms with van der Waals surface area (Å²) >= 11 is 0. The van der Waals surface area contributed by atoms with Crippen LogP contribution in [-0.2, 0) is 13.6 Å². The number of piperidine rings is 1. The third-order valence-electron chi connectivity index (χ3n) is 4.88. The Hall–Kier alpha value is -2.41. The molecule has 1 saturated heterocycles. The summed E-state index contributed by atoms with van der Waals surface area (Å²) in [4.78, 5) is 22.6. The number of rotatable bonds is 4. The average molecular weight is 343 g/mol. The Kier molecular flexibility index (Phi) is 5.33. The highest BCUT2D eigenvalue weighted by Gasteiger charge is 2.31. The molecule has 25 heavy (non-hydrogen) atoms. The van der Waals surface area contributed by atoms with E-state index in [1.807, 2.05) is 30.8 Å². The molecule has 0 bridgehead atoms. The molecule has 1 fully saturated rings. The van der Waals surface area contributed by atoms with Crippen LogP contribution in [0.2, 0.25) is 0 Å². The summed E-state index contributed by atoms with van der Waals surface area (Å²) in [5, 5.41) is 13.6. The molecule has 2 amide bonds. The van der Waals surface area contributed by atoms with Gasteiger partial charge in [-0.15, -0.1) is 0 Å². The largest absolute Gasteiger partial charge is 0.385 e. The maximum atomic E-state index is 12.5. The first-order chi connectivity index (χ1) is 12.1. The summed E-state index contributed by atoms with van der Waals surface area (Å²) in [6.45, 7) is 3.71. The zero-order valence-corrected chi connectivity index (χ0v) is 14.7. The van der Waals surface area contributed by atoms with E-state index in [9.17, 15) is 9.90 Å². The number of amides is 2. The van der Waals surface area contributed by atoms with Gasteiger partial charge in [0, 0.05) is 57.4 Å². The number of nitrogens with zero attached hydrogens (tertiary/aromatic N) is 4. The predicted octanol–water partition coefficient (Wildman–Crippen LogP) is 1.78. The van der Waals surface area contributed by atoms with Crippen LogP contribution in [0.5, 0.6) is 0 Å². The van der Waals surface area contributed by atoms with Crippen LogP contribution in [0.1, 0.15) is 35.9 Å². The number of likely N-dealkylation sites (tertiary alicyclic amines) is 1. The molecule has 0 radical (unpaired) electrons. The van der Waals surface area contributed by atoms with E-state index >= 15 is 0 Å². The summed E-state index contributed by atoms with van der Waals surface area (Å²) in [5.74, 6) is 0.655. The monoisotopic (exact) mass is 343 g/mol. The smallest absolute Gasteiger partial charge is 0.317 e. The fourth-order valence-electron chi connectivity index (χ4n) is 3.31. The summed E-state index contributed by atoms with van der Waals surface area (Å²) in [6, 6.07) is 1.83. The van der Waals surface area contributed by atoms with Crippen LogP contribution in [-0.4, -0.2) is 43.7 Å². The number of aliphatic hydroxyl groups is 1. The molecule has 7 nitrogen and oxygen atoms in total. The lowest BCUT2D eigenvalue weighted by Gasteiger charge is -2.34. The van der Waals surface area contributed by atoms with E-state index in [1.165, 1.54) is 0 Å². The molecule has 1 aliphatic rings. The molecule has 134 valence electrons. The Morgan fingerprint density at radius 1 is 1.48 bits per heavy atom. The van der Waals surface area contributed by atoms with Crippen molar-refractivity contribution in [2.75, 3.05) is 13.1 Å². The standard InChI is InChI=1S/C18H25N5O2/c1-13-10-19-6-5-14(13)11-21-18(25)23-8-3-4-15(12-23)16(24)17-20-7-9-22(17)2/h5-7,9-10,15-16,24H,3-4,8,11-12H2,1-2H3,(H,21,25)/t15-,16-/m1/s1. The van der Waals surface area contributed by atoms with E-state index in [2.05, 4.69) is 15.3 Å². The lowest BCUT2D eigenvalue weighted by atomic mass is 9.92. The van der Waals surface area contributed by atoms with Crippen molar-refractivity contribution in [1.82, 2.24) is 24.8 Å². The second-order valence-electron chi connectivity index (χ2n) is 6.65. The first-order valence-corrected chi connectivity index (χ1v) is 8.64. The molecule has 1 aliphatic heterocycles. The minimum Gasteiger partial charge on any atom is -0.385 e. The Morgan fingerprint density at radius 2 is 2.32 bits per heavy atom. The van der Waals surface area contributed by atoms with Crippen molar-refractivity contribution >= 4 is 6.03 Å². The molecule has 3 heterocycles. The fraction of sp³-hybridized carbons (Fsp3) is 0.500. The predicted molar refractivity (Wildman–Crippen MR) is 93.7 cm³/mol. The number of nitrogens with one attached hydrogen (secondary N) is 1. The van der Waals surface area contributed by atoms with Gasteiger partial charge in [-0.2, -0.15) is 0 Å². The zero-order valence-electron chi connectivity index (χ0n) is 14.7. The maximum absolute atomic E-state index is 12.5. The van der Waals surface area contributed by atoms with Gasteiger partial charge in [0.1, 0.15) is 11.9 Å². The van der Waals surface area contributed by atoms with Gasteiger partial charge >= 0.3 is 6.03 Å². The Labute approximate surface area is 147 Å². The Bertz CT molecular complexity index is 730. The normalized spacial score (nSPS) is 18.8. The van der Waals surface area contributed by atoms with Gasteiger partial charge in [-0.1, -0.05) is 0 Å². The maximum Gasteiger partial charge on any atom is 0.317 e. The summed E-state index contributed by atoms with van der Waals surface area (Å²) in [5.41, 5.74) is 2.12. The van der Waals surface area contributed by atoms with Gasteiger partial charge in [-0.05, 0) is 37.0 Å². The van der Waals surface area contributed by atoms with Crippen LogP contribution in [0.15, 0.2) is 30.9 Å². The summed E-state index contributed by atoms with van der Waals surface area (Å²) < 4.78 is 1.83. The van der Waals surface area contributed by atoms with Crippen LogP contribution in [0, 0.1) is 12.8 Å². The first kappa shape index (κ1) is 17.4. The minimum atomic E-state index is -0.655. The average Bonchev–Trinajstić information content (AvgIpc) is 3.06. The van der Waals surface area contributed by atoms with Crippen molar-refractivity contribution in [2.45, 2.75) is 32.4 Å². The van der Waals surface area contributed by atoms with Gasteiger partial charge in [0.15, 0.2) is 0 Å². The number of hydrogen-bond acceptors (Lipinski definition) is 4. The molecule has 2 aromatic heterocycles. The number of pyridine rings is 1. The first-order valence-electron chi connectivity index (χ1n) is 8.64. The molecule has 0 aromatic carbocycles. The number of carbonyl (C=O) groups excluding carboxylic acids is 1.